The van der Waals surface area contributed by atoms with Crippen molar-refractivity contribution in [2.24, 2.45) is 0 Å². The molecule has 0 spiro atoms. The predicted octanol–water partition coefficient (Wildman–Crippen LogP) is 2.14. The molecule has 1 heterocycles. The largest absolute Gasteiger partial charge is 0.478 e. The number of hydrogen-bond acceptors (Lipinski definition) is 5. The minimum atomic E-state index is -1.14. The second-order valence-corrected chi connectivity index (χ2v) is 5.48. The van der Waals surface area contributed by atoms with Gasteiger partial charge in [-0.15, -0.1) is 5.10 Å². The third kappa shape index (κ3) is 2.64. The van der Waals surface area contributed by atoms with E-state index < -0.39 is 11.8 Å². The lowest BCUT2D eigenvalue weighted by atomic mass is 10.1. The molecule has 104 valence electrons. The van der Waals surface area contributed by atoms with E-state index in [9.17, 15) is 9.18 Å². The minimum Gasteiger partial charge on any atom is -0.478 e. The highest BCUT2D eigenvalue weighted by molar-refractivity contribution is 7.98. The Bertz CT molecular complexity index is 657. The molecule has 0 aliphatic heterocycles. The number of aromatic nitrogens is 4. The summed E-state index contributed by atoms with van der Waals surface area (Å²) in [7, 11) is 0. The zero-order valence-corrected chi connectivity index (χ0v) is 11.2. The minimum absolute atomic E-state index is 0.0564. The highest BCUT2D eigenvalue weighted by atomic mass is 32.2. The summed E-state index contributed by atoms with van der Waals surface area (Å²) < 4.78 is 15.5. The van der Waals surface area contributed by atoms with Crippen molar-refractivity contribution in [2.45, 2.75) is 29.8 Å². The average Bonchev–Trinajstić information content (AvgIpc) is 3.16. The Labute approximate surface area is 118 Å². The molecule has 1 N–H and O–H groups in total. The van der Waals surface area contributed by atoms with Crippen molar-refractivity contribution in [3.63, 3.8) is 0 Å². The Hall–Kier alpha value is -1.96. The normalized spacial score (nSPS) is 14.4. The van der Waals surface area contributed by atoms with Crippen LogP contribution in [0.5, 0.6) is 0 Å². The SMILES string of the molecule is O=C(O)c1ccc(CSc2nnnn2C2CC2)c(F)c1. The van der Waals surface area contributed by atoms with Crippen molar-refractivity contribution >= 4 is 17.7 Å². The molecule has 0 amide bonds. The van der Waals surface area contributed by atoms with Gasteiger partial charge in [0.1, 0.15) is 5.82 Å². The van der Waals surface area contributed by atoms with Gasteiger partial charge in [-0.05, 0) is 41.0 Å². The molecule has 20 heavy (non-hydrogen) atoms. The summed E-state index contributed by atoms with van der Waals surface area (Å²) in [6, 6.07) is 4.27. The van der Waals surface area contributed by atoms with Crippen LogP contribution < -0.4 is 0 Å². The van der Waals surface area contributed by atoms with E-state index in [1.807, 2.05) is 0 Å². The Kier molecular flexibility index (Phi) is 3.39. The number of hydrogen-bond donors (Lipinski definition) is 1. The number of nitrogens with zero attached hydrogens (tertiary/aromatic N) is 4. The summed E-state index contributed by atoms with van der Waals surface area (Å²) in [5, 5.41) is 20.9. The number of carboxylic acid groups (broad SMARTS) is 1. The molecule has 2 aromatic rings. The van der Waals surface area contributed by atoms with Gasteiger partial charge < -0.3 is 5.11 Å². The first kappa shape index (κ1) is 13.0. The van der Waals surface area contributed by atoms with Gasteiger partial charge in [0, 0.05) is 5.75 Å². The molecule has 0 bridgehead atoms. The summed E-state index contributed by atoms with van der Waals surface area (Å²) in [5.74, 6) is -1.30. The number of tetrazole rings is 1. The predicted molar refractivity (Wildman–Crippen MR) is 69.0 cm³/mol. The molecule has 3 rings (SSSR count). The van der Waals surface area contributed by atoms with Crippen LogP contribution in [-0.4, -0.2) is 31.3 Å². The summed E-state index contributed by atoms with van der Waals surface area (Å²) in [5.41, 5.74) is 0.379. The molecule has 1 aromatic heterocycles. The van der Waals surface area contributed by atoms with E-state index >= 15 is 0 Å². The van der Waals surface area contributed by atoms with Gasteiger partial charge in [-0.1, -0.05) is 17.8 Å². The van der Waals surface area contributed by atoms with Crippen LogP contribution in [0.1, 0.15) is 34.8 Å². The van der Waals surface area contributed by atoms with Crippen LogP contribution in [-0.2, 0) is 5.75 Å². The molecule has 8 heteroatoms. The van der Waals surface area contributed by atoms with Crippen LogP contribution >= 0.6 is 11.8 Å². The van der Waals surface area contributed by atoms with Gasteiger partial charge >= 0.3 is 5.97 Å². The molecule has 6 nitrogen and oxygen atoms in total. The van der Waals surface area contributed by atoms with Crippen molar-refractivity contribution in [1.29, 1.82) is 0 Å². The van der Waals surface area contributed by atoms with E-state index in [1.54, 1.807) is 4.68 Å². The highest BCUT2D eigenvalue weighted by Crippen LogP contribution is 2.37. The number of thioether (sulfide) groups is 1. The topological polar surface area (TPSA) is 80.9 Å². The fraction of sp³-hybridized carbons (Fsp3) is 0.333. The fourth-order valence-corrected chi connectivity index (χ4v) is 2.70. The molecule has 1 saturated carbocycles. The van der Waals surface area contributed by atoms with E-state index in [-0.39, 0.29) is 5.56 Å². The molecule has 0 radical (unpaired) electrons. The maximum atomic E-state index is 13.8. The van der Waals surface area contributed by atoms with Crippen LogP contribution in [0.4, 0.5) is 4.39 Å². The summed E-state index contributed by atoms with van der Waals surface area (Å²) in [4.78, 5) is 10.7. The number of carboxylic acids is 1. The smallest absolute Gasteiger partial charge is 0.335 e. The van der Waals surface area contributed by atoms with E-state index in [0.717, 1.165) is 18.9 Å². The summed E-state index contributed by atoms with van der Waals surface area (Å²) >= 11 is 1.34. The number of carbonyl (C=O) groups is 1. The standard InChI is InChI=1S/C12H11FN4O2S/c13-10-5-7(11(18)19)1-2-8(10)6-20-12-14-15-16-17(12)9-3-4-9/h1-2,5,9H,3-4,6H2,(H,18,19). The summed E-state index contributed by atoms with van der Waals surface area (Å²) in [6.45, 7) is 0. The zero-order chi connectivity index (χ0) is 14.1. The molecular weight excluding hydrogens is 283 g/mol. The van der Waals surface area contributed by atoms with Crippen LogP contribution in [0.25, 0.3) is 0 Å². The van der Waals surface area contributed by atoms with Crippen LogP contribution in [0, 0.1) is 5.82 Å². The van der Waals surface area contributed by atoms with Crippen LogP contribution in [0.3, 0.4) is 0 Å². The molecule has 0 atom stereocenters. The summed E-state index contributed by atoms with van der Waals surface area (Å²) in [6.07, 6.45) is 2.14. The molecule has 0 saturated heterocycles. The molecule has 1 aliphatic rings. The average molecular weight is 294 g/mol. The Morgan fingerprint density at radius 2 is 2.30 bits per heavy atom. The molecular formula is C12H11FN4O2S. The Balaban J connectivity index is 1.71. The first-order valence-electron chi connectivity index (χ1n) is 6.07. The lowest BCUT2D eigenvalue weighted by Crippen LogP contribution is -2.00. The molecule has 1 aromatic carbocycles. The third-order valence-electron chi connectivity index (χ3n) is 3.01. The maximum absolute atomic E-state index is 13.8. The lowest BCUT2D eigenvalue weighted by molar-refractivity contribution is 0.0696. The van der Waals surface area contributed by atoms with Gasteiger partial charge in [-0.3, -0.25) is 0 Å². The molecule has 0 unspecified atom stereocenters. The monoisotopic (exact) mass is 294 g/mol. The Morgan fingerprint density at radius 3 is 2.95 bits per heavy atom. The van der Waals surface area contributed by atoms with Crippen molar-refractivity contribution in [2.75, 3.05) is 0 Å². The fourth-order valence-electron chi connectivity index (χ4n) is 1.77. The van der Waals surface area contributed by atoms with E-state index in [1.165, 1.54) is 23.9 Å². The van der Waals surface area contributed by atoms with Gasteiger partial charge in [0.05, 0.1) is 11.6 Å². The highest BCUT2D eigenvalue weighted by Gasteiger charge is 2.27. The number of rotatable bonds is 5. The van der Waals surface area contributed by atoms with Crippen LogP contribution in [0.2, 0.25) is 0 Å². The van der Waals surface area contributed by atoms with Gasteiger partial charge in [0.2, 0.25) is 5.16 Å². The van der Waals surface area contributed by atoms with Gasteiger partial charge in [-0.2, -0.15) is 0 Å². The second kappa shape index (κ2) is 5.20. The van der Waals surface area contributed by atoms with Gasteiger partial charge in [0.25, 0.3) is 0 Å². The molecule has 1 aliphatic carbocycles. The Morgan fingerprint density at radius 1 is 1.50 bits per heavy atom. The third-order valence-corrected chi connectivity index (χ3v) is 3.99. The maximum Gasteiger partial charge on any atom is 0.335 e. The van der Waals surface area contributed by atoms with Crippen LogP contribution in [0.15, 0.2) is 23.4 Å². The van der Waals surface area contributed by atoms with Gasteiger partial charge in [0.15, 0.2) is 0 Å². The first-order valence-corrected chi connectivity index (χ1v) is 7.06. The van der Waals surface area contributed by atoms with Crippen molar-refractivity contribution in [3.8, 4) is 0 Å². The van der Waals surface area contributed by atoms with Gasteiger partial charge in [-0.25, -0.2) is 13.9 Å². The number of benzene rings is 1. The lowest BCUT2D eigenvalue weighted by Gasteiger charge is -2.04. The number of halogens is 1. The number of aromatic carboxylic acids is 1. The van der Waals surface area contributed by atoms with Crippen molar-refractivity contribution in [1.82, 2.24) is 20.2 Å². The second-order valence-electron chi connectivity index (χ2n) is 4.54. The van der Waals surface area contributed by atoms with E-state index in [4.69, 9.17) is 5.11 Å². The van der Waals surface area contributed by atoms with Crippen molar-refractivity contribution < 1.29 is 14.3 Å². The van der Waals surface area contributed by atoms with E-state index in [2.05, 4.69) is 15.5 Å². The van der Waals surface area contributed by atoms with E-state index in [0.29, 0.717) is 22.5 Å². The molecule has 1 fully saturated rings. The zero-order valence-electron chi connectivity index (χ0n) is 10.4. The van der Waals surface area contributed by atoms with Crippen molar-refractivity contribution in [3.05, 3.63) is 35.1 Å². The first-order chi connectivity index (χ1) is 9.65. The quantitative estimate of drug-likeness (QED) is 0.851.